The first-order valence-electron chi connectivity index (χ1n) is 9.95. The van der Waals surface area contributed by atoms with Crippen molar-refractivity contribution >= 4 is 28.8 Å². The molecule has 4 aromatic rings. The molecule has 4 rings (SSSR count). The third-order valence-corrected chi connectivity index (χ3v) is 5.54. The maximum Gasteiger partial charge on any atom is 0.200 e. The molecule has 2 aromatic carbocycles. The van der Waals surface area contributed by atoms with Crippen LogP contribution in [-0.2, 0) is 6.42 Å². The molecule has 0 aliphatic heterocycles. The van der Waals surface area contributed by atoms with Gasteiger partial charge in [0.1, 0.15) is 17.2 Å². The van der Waals surface area contributed by atoms with Gasteiger partial charge in [0.25, 0.3) is 0 Å². The van der Waals surface area contributed by atoms with Gasteiger partial charge in [-0.25, -0.2) is 4.98 Å². The van der Waals surface area contributed by atoms with Crippen LogP contribution < -0.4 is 14.8 Å². The van der Waals surface area contributed by atoms with Gasteiger partial charge in [-0.15, -0.1) is 0 Å². The number of nitrogens with zero attached hydrogens (tertiary/aromatic N) is 2. The standard InChI is InChI=1S/C24H24ClN3O3/c1-5-15-8-6-7-14(2)21(15)27-24-22(26-20-10-9-17(25)13-28(20)24)16-11-18(30-3)23(29)19(12-16)31-4/h6-13,27,29H,5H2,1-4H3. The summed E-state index contributed by atoms with van der Waals surface area (Å²) in [5.74, 6) is 1.32. The van der Waals surface area contributed by atoms with Crippen LogP contribution in [0.5, 0.6) is 17.2 Å². The van der Waals surface area contributed by atoms with Gasteiger partial charge < -0.3 is 19.9 Å². The van der Waals surface area contributed by atoms with Crippen LogP contribution in [0.1, 0.15) is 18.1 Å². The van der Waals surface area contributed by atoms with Gasteiger partial charge in [0, 0.05) is 17.4 Å². The van der Waals surface area contributed by atoms with Crippen LogP contribution in [0.2, 0.25) is 5.02 Å². The van der Waals surface area contributed by atoms with Gasteiger partial charge >= 0.3 is 0 Å². The van der Waals surface area contributed by atoms with Crippen LogP contribution in [0.15, 0.2) is 48.7 Å². The first-order chi connectivity index (χ1) is 15.0. The fourth-order valence-electron chi connectivity index (χ4n) is 3.69. The minimum absolute atomic E-state index is 0.0535. The molecule has 0 saturated heterocycles. The summed E-state index contributed by atoms with van der Waals surface area (Å²) < 4.78 is 12.6. The highest BCUT2D eigenvalue weighted by atomic mass is 35.5. The van der Waals surface area contributed by atoms with Crippen molar-refractivity contribution < 1.29 is 14.6 Å². The molecule has 0 saturated carbocycles. The van der Waals surface area contributed by atoms with Gasteiger partial charge in [0.15, 0.2) is 11.5 Å². The molecule has 160 valence electrons. The Kier molecular flexibility index (Phi) is 5.65. The van der Waals surface area contributed by atoms with Gasteiger partial charge in [-0.3, -0.25) is 4.40 Å². The van der Waals surface area contributed by atoms with E-state index in [1.807, 2.05) is 16.7 Å². The third kappa shape index (κ3) is 3.75. The number of phenolic OH excluding ortho intramolecular Hbond substituents is 1. The number of pyridine rings is 1. The summed E-state index contributed by atoms with van der Waals surface area (Å²) in [6.07, 6.45) is 2.71. The number of methoxy groups -OCH3 is 2. The molecule has 0 spiro atoms. The molecule has 2 heterocycles. The van der Waals surface area contributed by atoms with Crippen LogP contribution in [-0.4, -0.2) is 28.7 Å². The molecule has 0 radical (unpaired) electrons. The van der Waals surface area contributed by atoms with Crippen molar-refractivity contribution in [3.8, 4) is 28.5 Å². The monoisotopic (exact) mass is 437 g/mol. The first-order valence-corrected chi connectivity index (χ1v) is 10.3. The molecule has 0 atom stereocenters. The molecule has 0 bridgehead atoms. The Bertz CT molecular complexity index is 1240. The fraction of sp³-hybridized carbons (Fsp3) is 0.208. The van der Waals surface area contributed by atoms with Gasteiger partial charge in [0.05, 0.1) is 19.2 Å². The van der Waals surface area contributed by atoms with E-state index >= 15 is 0 Å². The number of ether oxygens (including phenoxy) is 2. The van der Waals surface area contributed by atoms with Crippen molar-refractivity contribution in [2.24, 2.45) is 0 Å². The quantitative estimate of drug-likeness (QED) is 0.387. The van der Waals surface area contributed by atoms with Crippen molar-refractivity contribution in [1.82, 2.24) is 9.38 Å². The predicted octanol–water partition coefficient (Wildman–Crippen LogP) is 5.99. The zero-order chi connectivity index (χ0) is 22.1. The predicted molar refractivity (Wildman–Crippen MR) is 124 cm³/mol. The average Bonchev–Trinajstić information content (AvgIpc) is 3.12. The number of halogens is 1. The Morgan fingerprint density at radius 2 is 1.81 bits per heavy atom. The molecule has 6 nitrogen and oxygen atoms in total. The topological polar surface area (TPSA) is 68.0 Å². The van der Waals surface area contributed by atoms with E-state index in [-0.39, 0.29) is 5.75 Å². The van der Waals surface area contributed by atoms with Gasteiger partial charge in [-0.05, 0) is 48.7 Å². The minimum Gasteiger partial charge on any atom is -0.502 e. The van der Waals surface area contributed by atoms with Crippen LogP contribution >= 0.6 is 11.6 Å². The maximum atomic E-state index is 10.3. The number of phenols is 1. The van der Waals surface area contributed by atoms with Crippen LogP contribution in [0.3, 0.4) is 0 Å². The molecule has 0 unspecified atom stereocenters. The van der Waals surface area contributed by atoms with Crippen LogP contribution in [0.4, 0.5) is 11.5 Å². The van der Waals surface area contributed by atoms with E-state index in [0.29, 0.717) is 22.2 Å². The van der Waals surface area contributed by atoms with E-state index in [2.05, 4.69) is 37.4 Å². The van der Waals surface area contributed by atoms with Crippen LogP contribution in [0, 0.1) is 6.92 Å². The zero-order valence-electron chi connectivity index (χ0n) is 17.9. The van der Waals surface area contributed by atoms with Crippen molar-refractivity contribution in [3.63, 3.8) is 0 Å². The summed E-state index contributed by atoms with van der Waals surface area (Å²) in [4.78, 5) is 4.83. The number of benzene rings is 2. The molecule has 7 heteroatoms. The summed E-state index contributed by atoms with van der Waals surface area (Å²) >= 11 is 6.31. The third-order valence-electron chi connectivity index (χ3n) is 5.32. The number of aryl methyl sites for hydroxylation is 2. The Morgan fingerprint density at radius 1 is 1.10 bits per heavy atom. The van der Waals surface area contributed by atoms with Crippen molar-refractivity contribution in [1.29, 1.82) is 0 Å². The number of imidazole rings is 1. The largest absolute Gasteiger partial charge is 0.502 e. The number of fused-ring (bicyclic) bond motifs is 1. The summed E-state index contributed by atoms with van der Waals surface area (Å²) in [6, 6.07) is 13.4. The number of rotatable bonds is 6. The first kappa shape index (κ1) is 20.9. The van der Waals surface area contributed by atoms with Gasteiger partial charge in [-0.2, -0.15) is 0 Å². The second kappa shape index (κ2) is 8.40. The lowest BCUT2D eigenvalue weighted by Crippen LogP contribution is -2.02. The molecule has 0 amide bonds. The number of nitrogens with one attached hydrogen (secondary N) is 1. The Morgan fingerprint density at radius 3 is 2.45 bits per heavy atom. The smallest absolute Gasteiger partial charge is 0.200 e. The highest BCUT2D eigenvalue weighted by molar-refractivity contribution is 6.30. The Hall–Kier alpha value is -3.38. The van der Waals surface area contributed by atoms with Crippen molar-refractivity contribution in [3.05, 3.63) is 64.8 Å². The lowest BCUT2D eigenvalue weighted by Gasteiger charge is -2.16. The second-order valence-corrected chi connectivity index (χ2v) is 7.64. The summed E-state index contributed by atoms with van der Waals surface area (Å²) in [6.45, 7) is 4.20. The van der Waals surface area contributed by atoms with Crippen molar-refractivity contribution in [2.75, 3.05) is 19.5 Å². The number of aromatic nitrogens is 2. The lowest BCUT2D eigenvalue weighted by atomic mass is 10.1. The van der Waals surface area contributed by atoms with E-state index in [4.69, 9.17) is 26.1 Å². The number of anilines is 2. The van der Waals surface area contributed by atoms with E-state index in [1.54, 1.807) is 18.2 Å². The normalized spacial score (nSPS) is 11.0. The Balaban J connectivity index is 1.98. The highest BCUT2D eigenvalue weighted by Gasteiger charge is 2.20. The number of hydrogen-bond donors (Lipinski definition) is 2. The number of aromatic hydroxyl groups is 1. The summed E-state index contributed by atoms with van der Waals surface area (Å²) in [5.41, 5.74) is 5.52. The molecular formula is C24H24ClN3O3. The molecular weight excluding hydrogens is 414 g/mol. The van der Waals surface area contributed by atoms with Gasteiger partial charge in [0.2, 0.25) is 5.75 Å². The van der Waals surface area contributed by atoms with E-state index in [1.165, 1.54) is 19.8 Å². The lowest BCUT2D eigenvalue weighted by molar-refractivity contribution is 0.340. The van der Waals surface area contributed by atoms with E-state index in [0.717, 1.165) is 34.7 Å². The van der Waals surface area contributed by atoms with E-state index < -0.39 is 0 Å². The van der Waals surface area contributed by atoms with Crippen LogP contribution in [0.25, 0.3) is 16.9 Å². The molecule has 2 aromatic heterocycles. The number of hydrogen-bond acceptors (Lipinski definition) is 5. The highest BCUT2D eigenvalue weighted by Crippen LogP contribution is 2.42. The van der Waals surface area contributed by atoms with Crippen molar-refractivity contribution in [2.45, 2.75) is 20.3 Å². The molecule has 31 heavy (non-hydrogen) atoms. The number of para-hydroxylation sites is 1. The molecule has 0 aliphatic carbocycles. The summed E-state index contributed by atoms with van der Waals surface area (Å²) in [5, 5.41) is 14.5. The molecule has 2 N–H and O–H groups in total. The fourth-order valence-corrected chi connectivity index (χ4v) is 3.85. The maximum absolute atomic E-state index is 10.3. The molecule has 0 aliphatic rings. The second-order valence-electron chi connectivity index (χ2n) is 7.20. The molecule has 0 fully saturated rings. The van der Waals surface area contributed by atoms with E-state index in [9.17, 15) is 5.11 Å². The minimum atomic E-state index is -0.0535. The van der Waals surface area contributed by atoms with Gasteiger partial charge in [-0.1, -0.05) is 36.7 Å². The average molecular weight is 438 g/mol. The zero-order valence-corrected chi connectivity index (χ0v) is 18.6. The SMILES string of the molecule is CCc1cccc(C)c1Nc1c(-c2cc(OC)c(O)c(OC)c2)nc2ccc(Cl)cn12. The Labute approximate surface area is 186 Å². The summed E-state index contributed by atoms with van der Waals surface area (Å²) in [7, 11) is 3.00.